The molecule has 1 aliphatic heterocycles. The fraction of sp³-hybridized carbons (Fsp3) is 0.556. The number of carbonyl (C=O) groups excluding carboxylic acids is 2. The average molecular weight is 404 g/mol. The van der Waals surface area contributed by atoms with Crippen LogP contribution in [0.4, 0.5) is 14.5 Å². The Morgan fingerprint density at radius 3 is 2.44 bits per heavy atom. The number of benzene rings is 1. The molecule has 9 heteroatoms. The molecule has 0 bridgehead atoms. The first-order valence-electron chi connectivity index (χ1n) is 8.85. The van der Waals surface area contributed by atoms with Gasteiger partial charge in [0.25, 0.3) is 0 Å². The summed E-state index contributed by atoms with van der Waals surface area (Å²) >= 11 is 0. The van der Waals surface area contributed by atoms with Crippen molar-refractivity contribution in [3.8, 4) is 5.75 Å². The molecule has 1 heterocycles. The Morgan fingerprint density at radius 2 is 1.85 bits per heavy atom. The number of nitrogens with zero attached hydrogens (tertiary/aromatic N) is 1. The number of carbonyl (C=O) groups is 2. The van der Waals surface area contributed by atoms with Crippen LogP contribution in [0.15, 0.2) is 24.3 Å². The number of anilines is 1. The number of amides is 2. The molecule has 1 atom stereocenters. The van der Waals surface area contributed by atoms with E-state index < -0.39 is 18.2 Å². The maximum Gasteiger partial charge on any atom is 0.387 e. The van der Waals surface area contributed by atoms with Gasteiger partial charge >= 0.3 is 6.61 Å². The largest absolute Gasteiger partial charge is 0.435 e. The van der Waals surface area contributed by atoms with Gasteiger partial charge in [0.1, 0.15) is 11.8 Å². The zero-order chi connectivity index (χ0) is 18.7. The highest BCUT2D eigenvalue weighted by Crippen LogP contribution is 2.28. The van der Waals surface area contributed by atoms with Gasteiger partial charge in [-0.1, -0.05) is 12.8 Å². The van der Waals surface area contributed by atoms with Crippen LogP contribution in [0.3, 0.4) is 0 Å². The highest BCUT2D eigenvalue weighted by atomic mass is 35.5. The van der Waals surface area contributed by atoms with Crippen molar-refractivity contribution in [1.82, 2.24) is 5.32 Å². The molecule has 2 aliphatic rings. The van der Waals surface area contributed by atoms with Crippen LogP contribution in [0.2, 0.25) is 0 Å². The van der Waals surface area contributed by atoms with E-state index in [1.807, 2.05) is 0 Å². The van der Waals surface area contributed by atoms with Gasteiger partial charge in [0.15, 0.2) is 0 Å². The van der Waals surface area contributed by atoms with Gasteiger partial charge in [-0.05, 0) is 49.9 Å². The summed E-state index contributed by atoms with van der Waals surface area (Å²) in [4.78, 5) is 26.8. The fourth-order valence-corrected chi connectivity index (χ4v) is 3.61. The van der Waals surface area contributed by atoms with Crippen LogP contribution in [0, 0.1) is 0 Å². The SMILES string of the molecule is Cl.NC1(C(=O)NC2CCCN(c3ccc(OC(F)F)cc3)C2=O)CCCC1. The first kappa shape index (κ1) is 21.4. The third-order valence-corrected chi connectivity index (χ3v) is 5.07. The maximum atomic E-state index is 12.8. The molecule has 2 fully saturated rings. The molecule has 3 rings (SSSR count). The summed E-state index contributed by atoms with van der Waals surface area (Å²) < 4.78 is 28.8. The van der Waals surface area contributed by atoms with Crippen LogP contribution in [-0.2, 0) is 9.59 Å². The van der Waals surface area contributed by atoms with E-state index >= 15 is 0 Å². The van der Waals surface area contributed by atoms with E-state index in [1.54, 1.807) is 17.0 Å². The normalized spacial score (nSPS) is 21.7. The van der Waals surface area contributed by atoms with Gasteiger partial charge in [0.2, 0.25) is 11.8 Å². The average Bonchev–Trinajstić information content (AvgIpc) is 3.05. The van der Waals surface area contributed by atoms with Crippen molar-refractivity contribution in [1.29, 1.82) is 0 Å². The molecule has 0 radical (unpaired) electrons. The summed E-state index contributed by atoms with van der Waals surface area (Å²) in [5, 5.41) is 2.81. The zero-order valence-electron chi connectivity index (χ0n) is 14.8. The van der Waals surface area contributed by atoms with Crippen LogP contribution in [-0.4, -0.2) is 36.6 Å². The van der Waals surface area contributed by atoms with Gasteiger partial charge in [0, 0.05) is 12.2 Å². The molecule has 1 aromatic carbocycles. The van der Waals surface area contributed by atoms with Crippen molar-refractivity contribution in [2.45, 2.75) is 56.7 Å². The number of ether oxygens (including phenoxy) is 1. The standard InChI is InChI=1S/C18H23F2N3O3.ClH/c19-17(20)26-13-7-5-12(6-8-13)23-11-3-4-14(15(23)24)22-16(25)18(21)9-1-2-10-18;/h5-8,14,17H,1-4,9-11,21H2,(H,22,25);1H. The lowest BCUT2D eigenvalue weighted by molar-refractivity contribution is -0.131. The van der Waals surface area contributed by atoms with Crippen molar-refractivity contribution in [3.63, 3.8) is 0 Å². The highest BCUT2D eigenvalue weighted by molar-refractivity contribution is 6.01. The minimum Gasteiger partial charge on any atom is -0.435 e. The van der Waals surface area contributed by atoms with E-state index in [2.05, 4.69) is 10.1 Å². The second-order valence-corrected chi connectivity index (χ2v) is 6.89. The Labute approximate surface area is 162 Å². The number of nitrogens with one attached hydrogen (secondary N) is 1. The Kier molecular flexibility index (Phi) is 7.00. The van der Waals surface area contributed by atoms with Crippen molar-refractivity contribution < 1.29 is 23.1 Å². The molecule has 150 valence electrons. The number of nitrogens with two attached hydrogens (primary N) is 1. The maximum absolute atomic E-state index is 12.8. The molecule has 0 aromatic heterocycles. The van der Waals surface area contributed by atoms with E-state index in [9.17, 15) is 18.4 Å². The zero-order valence-corrected chi connectivity index (χ0v) is 15.6. The van der Waals surface area contributed by atoms with Gasteiger partial charge < -0.3 is 20.7 Å². The first-order chi connectivity index (χ1) is 12.4. The molecule has 1 saturated carbocycles. The monoisotopic (exact) mass is 403 g/mol. The van der Waals surface area contributed by atoms with Crippen molar-refractivity contribution in [2.75, 3.05) is 11.4 Å². The molecule has 1 aliphatic carbocycles. The Morgan fingerprint density at radius 1 is 1.22 bits per heavy atom. The molecule has 1 aromatic rings. The summed E-state index contributed by atoms with van der Waals surface area (Å²) in [6.07, 6.45) is 4.39. The lowest BCUT2D eigenvalue weighted by Gasteiger charge is -2.34. The Balaban J connectivity index is 0.00000261. The van der Waals surface area contributed by atoms with Crippen LogP contribution in [0.5, 0.6) is 5.75 Å². The Hall–Kier alpha value is -1.93. The molecule has 6 nitrogen and oxygen atoms in total. The summed E-state index contributed by atoms with van der Waals surface area (Å²) in [7, 11) is 0. The van der Waals surface area contributed by atoms with Gasteiger partial charge in [-0.2, -0.15) is 8.78 Å². The topological polar surface area (TPSA) is 84.7 Å². The minimum atomic E-state index is -2.89. The molecule has 3 N–H and O–H groups in total. The van der Waals surface area contributed by atoms with Crippen LogP contribution in [0.25, 0.3) is 0 Å². The minimum absolute atomic E-state index is 0. The summed E-state index contributed by atoms with van der Waals surface area (Å²) in [6.45, 7) is -2.38. The Bertz CT molecular complexity index is 666. The van der Waals surface area contributed by atoms with E-state index in [1.165, 1.54) is 12.1 Å². The van der Waals surface area contributed by atoms with Gasteiger partial charge in [-0.3, -0.25) is 9.59 Å². The van der Waals surface area contributed by atoms with E-state index in [-0.39, 0.29) is 30.0 Å². The molecule has 1 saturated heterocycles. The van der Waals surface area contributed by atoms with Gasteiger partial charge in [-0.25, -0.2) is 0 Å². The second kappa shape index (κ2) is 8.84. The van der Waals surface area contributed by atoms with Crippen molar-refractivity contribution >= 4 is 29.9 Å². The number of piperidine rings is 1. The van der Waals surface area contributed by atoms with Crippen molar-refractivity contribution in [2.24, 2.45) is 5.73 Å². The highest BCUT2D eigenvalue weighted by Gasteiger charge is 2.40. The van der Waals surface area contributed by atoms with Crippen molar-refractivity contribution in [3.05, 3.63) is 24.3 Å². The lowest BCUT2D eigenvalue weighted by atomic mass is 9.96. The molecular weight excluding hydrogens is 380 g/mol. The quantitative estimate of drug-likeness (QED) is 0.791. The first-order valence-corrected chi connectivity index (χ1v) is 8.85. The second-order valence-electron chi connectivity index (χ2n) is 6.89. The predicted molar refractivity (Wildman–Crippen MR) is 99.2 cm³/mol. The molecule has 2 amide bonds. The molecular formula is C18H24ClF2N3O3. The van der Waals surface area contributed by atoms with E-state index in [0.29, 0.717) is 31.5 Å². The summed E-state index contributed by atoms with van der Waals surface area (Å²) in [5.41, 5.74) is 5.86. The predicted octanol–water partition coefficient (Wildman–Crippen LogP) is 2.59. The molecule has 0 spiro atoms. The third kappa shape index (κ3) is 4.87. The molecule has 27 heavy (non-hydrogen) atoms. The van der Waals surface area contributed by atoms with Gasteiger partial charge in [-0.15, -0.1) is 12.4 Å². The smallest absolute Gasteiger partial charge is 0.387 e. The van der Waals surface area contributed by atoms with Crippen LogP contribution >= 0.6 is 12.4 Å². The lowest BCUT2D eigenvalue weighted by Crippen LogP contribution is -2.59. The van der Waals surface area contributed by atoms with Crippen LogP contribution in [0.1, 0.15) is 38.5 Å². The number of hydrogen-bond donors (Lipinski definition) is 2. The fourth-order valence-electron chi connectivity index (χ4n) is 3.61. The van der Waals surface area contributed by atoms with E-state index in [4.69, 9.17) is 5.73 Å². The van der Waals surface area contributed by atoms with Gasteiger partial charge in [0.05, 0.1) is 5.54 Å². The number of alkyl halides is 2. The summed E-state index contributed by atoms with van der Waals surface area (Å²) in [5.74, 6) is -0.450. The number of rotatable bonds is 5. The van der Waals surface area contributed by atoms with E-state index in [0.717, 1.165) is 19.3 Å². The third-order valence-electron chi connectivity index (χ3n) is 5.07. The number of hydrogen-bond acceptors (Lipinski definition) is 4. The number of halogens is 3. The van der Waals surface area contributed by atoms with Crippen LogP contribution < -0.4 is 20.7 Å². The molecule has 1 unspecified atom stereocenters. The summed E-state index contributed by atoms with van der Waals surface area (Å²) in [6, 6.07) is 5.28.